The van der Waals surface area contributed by atoms with Crippen molar-refractivity contribution < 1.29 is 13.2 Å². The van der Waals surface area contributed by atoms with Gasteiger partial charge >= 0.3 is 0 Å². The number of sulfone groups is 1. The second-order valence-corrected chi connectivity index (χ2v) is 7.77. The summed E-state index contributed by atoms with van der Waals surface area (Å²) in [5, 5.41) is 0. The normalized spacial score (nSPS) is 11.5. The first-order chi connectivity index (χ1) is 8.29. The van der Waals surface area contributed by atoms with Crippen molar-refractivity contribution >= 4 is 27.4 Å². The molecule has 0 saturated carbocycles. The van der Waals surface area contributed by atoms with E-state index in [-0.39, 0.29) is 11.5 Å². The first-order valence-corrected chi connectivity index (χ1v) is 8.87. The van der Waals surface area contributed by atoms with E-state index in [0.29, 0.717) is 17.1 Å². The number of thioether (sulfide) groups is 1. The molecule has 3 nitrogen and oxygen atoms in total. The molecule has 0 aliphatic heterocycles. The molecule has 0 bridgehead atoms. The number of carbonyl (C=O) groups excluding carboxylic acids is 1. The molecular weight excluding hydrogens is 268 g/mol. The van der Waals surface area contributed by atoms with E-state index in [1.54, 1.807) is 0 Å². The Labute approximate surface area is 113 Å². The monoisotopic (exact) mass is 286 g/mol. The molecule has 0 N–H and O–H groups in total. The van der Waals surface area contributed by atoms with Crippen molar-refractivity contribution in [3.8, 4) is 0 Å². The second kappa shape index (κ2) is 6.38. The van der Waals surface area contributed by atoms with Gasteiger partial charge in [-0.25, -0.2) is 8.42 Å². The Hall–Kier alpha value is -0.810. The van der Waals surface area contributed by atoms with Gasteiger partial charge < -0.3 is 0 Å². The maximum absolute atomic E-state index is 11.9. The zero-order valence-corrected chi connectivity index (χ0v) is 12.5. The molecule has 5 heteroatoms. The van der Waals surface area contributed by atoms with Gasteiger partial charge in [0.25, 0.3) is 0 Å². The summed E-state index contributed by atoms with van der Waals surface area (Å²) in [7, 11) is -2.93. The van der Waals surface area contributed by atoms with Gasteiger partial charge in [-0.15, -0.1) is 0 Å². The van der Waals surface area contributed by atoms with E-state index >= 15 is 0 Å². The maximum Gasteiger partial charge on any atom is 0.172 e. The topological polar surface area (TPSA) is 51.2 Å². The van der Waals surface area contributed by atoms with Gasteiger partial charge in [0.15, 0.2) is 5.78 Å². The van der Waals surface area contributed by atoms with E-state index in [1.807, 2.05) is 32.0 Å². The lowest BCUT2D eigenvalue weighted by molar-refractivity contribution is 0.102. The van der Waals surface area contributed by atoms with Crippen LogP contribution in [0.4, 0.5) is 0 Å². The fraction of sp³-hybridized carbons (Fsp3) is 0.462. The van der Waals surface area contributed by atoms with Crippen LogP contribution in [0.5, 0.6) is 0 Å². The van der Waals surface area contributed by atoms with Crippen LogP contribution in [0.3, 0.4) is 0 Å². The Morgan fingerprint density at radius 2 is 1.89 bits per heavy atom. The average Bonchev–Trinajstić information content (AvgIpc) is 2.26. The van der Waals surface area contributed by atoms with Gasteiger partial charge in [-0.2, -0.15) is 11.8 Å². The molecule has 1 aromatic rings. The number of carbonyl (C=O) groups is 1. The molecule has 0 fully saturated rings. The van der Waals surface area contributed by atoms with E-state index in [1.165, 1.54) is 18.0 Å². The Balaban J connectivity index is 2.48. The van der Waals surface area contributed by atoms with Crippen LogP contribution in [0.1, 0.15) is 21.5 Å². The molecule has 1 rings (SSSR count). The lowest BCUT2D eigenvalue weighted by atomic mass is 10.0. The lowest BCUT2D eigenvalue weighted by Gasteiger charge is -2.04. The molecular formula is C13H18O3S2. The number of Topliss-reactive ketones (excluding diaryl/α,β-unsaturated/α-hetero) is 1. The third kappa shape index (κ3) is 5.23. The molecule has 100 valence electrons. The Bertz CT molecular complexity index is 533. The van der Waals surface area contributed by atoms with E-state index in [9.17, 15) is 13.2 Å². The van der Waals surface area contributed by atoms with Gasteiger partial charge in [-0.3, -0.25) is 4.79 Å². The summed E-state index contributed by atoms with van der Waals surface area (Å²) in [6.45, 7) is 3.98. The number of ketones is 1. The van der Waals surface area contributed by atoms with Crippen LogP contribution >= 0.6 is 11.8 Å². The fourth-order valence-corrected chi connectivity index (χ4v) is 3.55. The number of hydrogen-bond donors (Lipinski definition) is 0. The number of aryl methyl sites for hydroxylation is 2. The molecule has 18 heavy (non-hydrogen) atoms. The van der Waals surface area contributed by atoms with Gasteiger partial charge in [0.2, 0.25) is 0 Å². The van der Waals surface area contributed by atoms with Gasteiger partial charge in [-0.1, -0.05) is 12.1 Å². The quantitative estimate of drug-likeness (QED) is 0.594. The average molecular weight is 286 g/mol. The number of hydrogen-bond acceptors (Lipinski definition) is 4. The predicted octanol–water partition coefficient (Wildman–Crippen LogP) is 2.26. The molecule has 0 aliphatic rings. The van der Waals surface area contributed by atoms with E-state index in [4.69, 9.17) is 0 Å². The molecule has 0 amide bonds. The molecule has 0 saturated heterocycles. The Morgan fingerprint density at radius 1 is 1.22 bits per heavy atom. The minimum atomic E-state index is -2.93. The van der Waals surface area contributed by atoms with Crippen molar-refractivity contribution in [3.63, 3.8) is 0 Å². The van der Waals surface area contributed by atoms with Gasteiger partial charge in [0, 0.05) is 17.6 Å². The zero-order valence-electron chi connectivity index (χ0n) is 10.9. The van der Waals surface area contributed by atoms with Crippen molar-refractivity contribution in [1.82, 2.24) is 0 Å². The van der Waals surface area contributed by atoms with Crippen LogP contribution in [0.2, 0.25) is 0 Å². The summed E-state index contributed by atoms with van der Waals surface area (Å²) in [5.41, 5.74) is 2.96. The zero-order chi connectivity index (χ0) is 13.8. The van der Waals surface area contributed by atoms with E-state index in [0.717, 1.165) is 11.1 Å². The van der Waals surface area contributed by atoms with E-state index < -0.39 is 9.84 Å². The third-order valence-corrected chi connectivity index (χ3v) is 4.82. The number of rotatable bonds is 6. The highest BCUT2D eigenvalue weighted by atomic mass is 32.2. The van der Waals surface area contributed by atoms with Crippen LogP contribution < -0.4 is 0 Å². The van der Waals surface area contributed by atoms with Crippen LogP contribution in [0, 0.1) is 13.8 Å². The summed E-state index contributed by atoms with van der Waals surface area (Å²) < 4.78 is 21.9. The molecule has 1 aromatic carbocycles. The molecule has 0 heterocycles. The van der Waals surface area contributed by atoms with Crippen molar-refractivity contribution in [2.45, 2.75) is 13.8 Å². The minimum absolute atomic E-state index is 0.0524. The van der Waals surface area contributed by atoms with Gasteiger partial charge in [0.1, 0.15) is 9.84 Å². The van der Waals surface area contributed by atoms with Gasteiger partial charge in [-0.05, 0) is 31.0 Å². The predicted molar refractivity (Wildman–Crippen MR) is 77.3 cm³/mol. The second-order valence-electron chi connectivity index (χ2n) is 4.40. The van der Waals surface area contributed by atoms with Crippen molar-refractivity contribution in [3.05, 3.63) is 34.9 Å². The maximum atomic E-state index is 11.9. The third-order valence-electron chi connectivity index (χ3n) is 2.66. The van der Waals surface area contributed by atoms with Crippen LogP contribution in [0.15, 0.2) is 18.2 Å². The molecule has 0 unspecified atom stereocenters. The van der Waals surface area contributed by atoms with Crippen LogP contribution in [-0.4, -0.2) is 37.7 Å². The standard InChI is InChI=1S/C13H18O3S2/c1-10-4-5-12(8-11(10)2)13(14)9-17-6-7-18(3,15)16/h4-5,8H,6-7,9H2,1-3H3. The Morgan fingerprint density at radius 3 is 2.44 bits per heavy atom. The minimum Gasteiger partial charge on any atom is -0.293 e. The van der Waals surface area contributed by atoms with Crippen LogP contribution in [-0.2, 0) is 9.84 Å². The molecule has 0 atom stereocenters. The van der Waals surface area contributed by atoms with Crippen molar-refractivity contribution in [1.29, 1.82) is 0 Å². The Kier molecular flexibility index (Phi) is 5.41. The summed E-state index contributed by atoms with van der Waals surface area (Å²) in [5.74, 6) is 0.974. The SMILES string of the molecule is Cc1ccc(C(=O)CSCCS(C)(=O)=O)cc1C. The van der Waals surface area contributed by atoms with E-state index in [2.05, 4.69) is 0 Å². The largest absolute Gasteiger partial charge is 0.293 e. The highest BCUT2D eigenvalue weighted by Gasteiger charge is 2.08. The highest BCUT2D eigenvalue weighted by Crippen LogP contribution is 2.13. The lowest BCUT2D eigenvalue weighted by Crippen LogP contribution is -2.08. The summed E-state index contributed by atoms with van der Waals surface area (Å²) in [6, 6.07) is 5.64. The molecule has 0 aliphatic carbocycles. The molecule has 0 radical (unpaired) electrons. The summed E-state index contributed by atoms with van der Waals surface area (Å²) in [4.78, 5) is 11.9. The van der Waals surface area contributed by atoms with Crippen LogP contribution in [0.25, 0.3) is 0 Å². The van der Waals surface area contributed by atoms with Gasteiger partial charge in [0.05, 0.1) is 11.5 Å². The summed E-state index contributed by atoms with van der Waals surface area (Å²) >= 11 is 1.36. The molecule has 0 spiro atoms. The fourth-order valence-electron chi connectivity index (χ4n) is 1.37. The smallest absolute Gasteiger partial charge is 0.172 e. The first-order valence-electron chi connectivity index (χ1n) is 5.65. The first kappa shape index (κ1) is 15.2. The van der Waals surface area contributed by atoms with Crippen molar-refractivity contribution in [2.75, 3.05) is 23.5 Å². The molecule has 0 aromatic heterocycles. The summed E-state index contributed by atoms with van der Waals surface area (Å²) in [6.07, 6.45) is 1.21. The van der Waals surface area contributed by atoms with Crippen molar-refractivity contribution in [2.24, 2.45) is 0 Å². The highest BCUT2D eigenvalue weighted by molar-refractivity contribution is 8.01. The number of benzene rings is 1.